The van der Waals surface area contributed by atoms with E-state index in [1.807, 2.05) is 48.6 Å². The van der Waals surface area contributed by atoms with Crippen molar-refractivity contribution in [3.63, 3.8) is 0 Å². The highest BCUT2D eigenvalue weighted by Crippen LogP contribution is 2.34. The van der Waals surface area contributed by atoms with Gasteiger partial charge in [0.15, 0.2) is 21.3 Å². The maximum atomic E-state index is 13.5. The van der Waals surface area contributed by atoms with E-state index in [1.165, 1.54) is 6.26 Å². The van der Waals surface area contributed by atoms with Gasteiger partial charge in [-0.3, -0.25) is 4.79 Å². The Kier molecular flexibility index (Phi) is 6.79. The molecule has 0 aliphatic carbocycles. The van der Waals surface area contributed by atoms with Gasteiger partial charge in [-0.05, 0) is 35.4 Å². The summed E-state index contributed by atoms with van der Waals surface area (Å²) in [6.07, 6.45) is 5.09. The average molecular weight is 464 g/mol. The lowest BCUT2D eigenvalue weighted by molar-refractivity contribution is 0.0989. The van der Waals surface area contributed by atoms with Crippen molar-refractivity contribution in [2.75, 3.05) is 30.9 Å². The van der Waals surface area contributed by atoms with Crippen molar-refractivity contribution >= 4 is 27.5 Å². The van der Waals surface area contributed by atoms with E-state index in [4.69, 9.17) is 9.47 Å². The molecular weight excluding hydrogens is 438 g/mol. The topological polar surface area (TPSA) is 72.9 Å². The third-order valence-corrected chi connectivity index (χ3v) is 5.97. The van der Waals surface area contributed by atoms with Gasteiger partial charge in [-0.15, -0.1) is 0 Å². The standard InChI is InChI=1S/C26H25NO5S/c1-33(29,30)19-21-9-11-22(12-10-21)26(28)27(15-5-8-20-6-3-2-4-7-20)23-13-14-24-25(18-23)32-17-16-31-24/h2-14,18H,15-17,19H2,1H3/b8-5-. The van der Waals surface area contributed by atoms with Gasteiger partial charge in [0, 0.05) is 30.1 Å². The zero-order valence-electron chi connectivity index (χ0n) is 18.3. The van der Waals surface area contributed by atoms with Crippen LogP contribution in [0.4, 0.5) is 5.69 Å². The van der Waals surface area contributed by atoms with Gasteiger partial charge in [0.2, 0.25) is 0 Å². The van der Waals surface area contributed by atoms with E-state index in [9.17, 15) is 13.2 Å². The summed E-state index contributed by atoms with van der Waals surface area (Å²) in [5, 5.41) is 0. The van der Waals surface area contributed by atoms with E-state index < -0.39 is 9.84 Å². The summed E-state index contributed by atoms with van der Waals surface area (Å²) in [6, 6.07) is 22.0. The average Bonchev–Trinajstić information content (AvgIpc) is 2.81. The minimum atomic E-state index is -3.15. The van der Waals surface area contributed by atoms with Crippen molar-refractivity contribution in [1.29, 1.82) is 0 Å². The molecule has 0 spiro atoms. The van der Waals surface area contributed by atoms with Crippen molar-refractivity contribution in [2.24, 2.45) is 0 Å². The molecular formula is C26H25NO5S. The molecule has 1 aliphatic rings. The van der Waals surface area contributed by atoms with Crippen molar-refractivity contribution in [2.45, 2.75) is 5.75 Å². The van der Waals surface area contributed by atoms with E-state index >= 15 is 0 Å². The van der Waals surface area contributed by atoms with Crippen LogP contribution in [0, 0.1) is 0 Å². The second kappa shape index (κ2) is 9.92. The molecule has 0 unspecified atom stereocenters. The van der Waals surface area contributed by atoms with Crippen molar-refractivity contribution in [3.8, 4) is 11.5 Å². The number of amides is 1. The highest BCUT2D eigenvalue weighted by molar-refractivity contribution is 7.89. The van der Waals surface area contributed by atoms with Crippen LogP contribution in [-0.2, 0) is 15.6 Å². The predicted molar refractivity (Wildman–Crippen MR) is 130 cm³/mol. The molecule has 7 heteroatoms. The largest absolute Gasteiger partial charge is 0.486 e. The van der Waals surface area contributed by atoms with Gasteiger partial charge in [0.05, 0.1) is 5.75 Å². The first kappa shape index (κ1) is 22.6. The molecule has 1 amide bonds. The molecule has 33 heavy (non-hydrogen) atoms. The smallest absolute Gasteiger partial charge is 0.258 e. The quantitative estimate of drug-likeness (QED) is 0.521. The number of hydrogen-bond acceptors (Lipinski definition) is 5. The van der Waals surface area contributed by atoms with Crippen LogP contribution in [0.3, 0.4) is 0 Å². The van der Waals surface area contributed by atoms with Crippen molar-refractivity contribution in [1.82, 2.24) is 0 Å². The summed E-state index contributed by atoms with van der Waals surface area (Å²) in [6.45, 7) is 1.30. The SMILES string of the molecule is CS(=O)(=O)Cc1ccc(C(=O)N(C/C=C\c2ccccc2)c2ccc3c(c2)OCCO3)cc1. The molecule has 0 N–H and O–H groups in total. The third kappa shape index (κ3) is 6.02. The molecule has 3 aromatic carbocycles. The highest BCUT2D eigenvalue weighted by atomic mass is 32.2. The third-order valence-electron chi connectivity index (χ3n) is 5.11. The summed E-state index contributed by atoms with van der Waals surface area (Å²) in [5.74, 6) is 0.998. The van der Waals surface area contributed by atoms with Crippen LogP contribution in [0.25, 0.3) is 6.08 Å². The molecule has 3 aromatic rings. The lowest BCUT2D eigenvalue weighted by atomic mass is 10.1. The van der Waals surface area contributed by atoms with Crippen molar-refractivity contribution < 1.29 is 22.7 Å². The number of nitrogens with zero attached hydrogens (tertiary/aromatic N) is 1. The number of fused-ring (bicyclic) bond motifs is 1. The van der Waals surface area contributed by atoms with Crippen LogP contribution in [-0.4, -0.2) is 40.3 Å². The van der Waals surface area contributed by atoms with Gasteiger partial charge in [0.25, 0.3) is 5.91 Å². The Morgan fingerprint density at radius 1 is 0.939 bits per heavy atom. The normalized spacial score (nSPS) is 13.1. The lowest BCUT2D eigenvalue weighted by Gasteiger charge is -2.25. The highest BCUT2D eigenvalue weighted by Gasteiger charge is 2.20. The Balaban J connectivity index is 1.61. The van der Waals surface area contributed by atoms with Crippen LogP contribution in [0.15, 0.2) is 78.9 Å². The number of anilines is 1. The Morgan fingerprint density at radius 3 is 2.33 bits per heavy atom. The molecule has 4 rings (SSSR count). The number of carbonyl (C=O) groups is 1. The summed E-state index contributed by atoms with van der Waals surface area (Å²) in [7, 11) is -3.15. The van der Waals surface area contributed by atoms with E-state index in [0.29, 0.717) is 48.1 Å². The maximum Gasteiger partial charge on any atom is 0.258 e. The molecule has 1 heterocycles. The molecule has 0 fully saturated rings. The second-order valence-corrected chi connectivity index (χ2v) is 9.96. The van der Waals surface area contributed by atoms with Gasteiger partial charge in [-0.25, -0.2) is 8.42 Å². The summed E-state index contributed by atoms with van der Waals surface area (Å²) >= 11 is 0. The lowest BCUT2D eigenvalue weighted by Crippen LogP contribution is -2.31. The first-order valence-corrected chi connectivity index (χ1v) is 12.6. The Hall–Kier alpha value is -3.58. The van der Waals surface area contributed by atoms with Gasteiger partial charge < -0.3 is 14.4 Å². The molecule has 0 saturated carbocycles. The summed E-state index contributed by atoms with van der Waals surface area (Å²) in [4.78, 5) is 15.1. The predicted octanol–water partition coefficient (Wildman–Crippen LogP) is 4.36. The van der Waals surface area contributed by atoms with Crippen LogP contribution in [0.1, 0.15) is 21.5 Å². The number of sulfone groups is 1. The van der Waals surface area contributed by atoms with Gasteiger partial charge in [-0.2, -0.15) is 0 Å². The molecule has 0 aromatic heterocycles. The monoisotopic (exact) mass is 463 g/mol. The van der Waals surface area contributed by atoms with Crippen LogP contribution in [0.5, 0.6) is 11.5 Å². The number of carbonyl (C=O) groups excluding carboxylic acids is 1. The number of hydrogen-bond donors (Lipinski definition) is 0. The van der Waals surface area contributed by atoms with E-state index in [-0.39, 0.29) is 11.7 Å². The molecule has 0 saturated heterocycles. The minimum Gasteiger partial charge on any atom is -0.486 e. The Labute approximate surface area is 194 Å². The fraction of sp³-hybridized carbons (Fsp3) is 0.192. The first-order valence-electron chi connectivity index (χ1n) is 10.6. The zero-order valence-corrected chi connectivity index (χ0v) is 19.1. The van der Waals surface area contributed by atoms with Crippen molar-refractivity contribution in [3.05, 3.63) is 95.6 Å². The molecule has 0 bridgehead atoms. The molecule has 0 radical (unpaired) electrons. The molecule has 170 valence electrons. The van der Waals surface area contributed by atoms with Crippen LogP contribution >= 0.6 is 0 Å². The van der Waals surface area contributed by atoms with Crippen LogP contribution < -0.4 is 14.4 Å². The van der Waals surface area contributed by atoms with Gasteiger partial charge in [0.1, 0.15) is 13.2 Å². The van der Waals surface area contributed by atoms with Crippen LogP contribution in [0.2, 0.25) is 0 Å². The first-order chi connectivity index (χ1) is 15.9. The molecule has 0 atom stereocenters. The van der Waals surface area contributed by atoms with E-state index in [1.54, 1.807) is 41.3 Å². The Morgan fingerprint density at radius 2 is 1.64 bits per heavy atom. The summed E-state index contributed by atoms with van der Waals surface area (Å²) in [5.41, 5.74) is 2.83. The fourth-order valence-electron chi connectivity index (χ4n) is 3.57. The van der Waals surface area contributed by atoms with E-state index in [0.717, 1.165) is 5.56 Å². The minimum absolute atomic E-state index is 0.0623. The summed E-state index contributed by atoms with van der Waals surface area (Å²) < 4.78 is 34.4. The molecule has 1 aliphatic heterocycles. The van der Waals surface area contributed by atoms with Gasteiger partial charge >= 0.3 is 0 Å². The number of rotatable bonds is 7. The molecule has 6 nitrogen and oxygen atoms in total. The Bertz CT molecular complexity index is 1250. The zero-order chi connectivity index (χ0) is 23.3. The van der Waals surface area contributed by atoms with Gasteiger partial charge in [-0.1, -0.05) is 54.6 Å². The van der Waals surface area contributed by atoms with E-state index in [2.05, 4.69) is 0 Å². The second-order valence-electron chi connectivity index (χ2n) is 7.82. The maximum absolute atomic E-state index is 13.5. The number of benzene rings is 3. The fourth-order valence-corrected chi connectivity index (χ4v) is 4.36. The number of ether oxygens (including phenoxy) is 2.